The van der Waals surface area contributed by atoms with Crippen LogP contribution in [0.3, 0.4) is 0 Å². The second-order valence-corrected chi connectivity index (χ2v) is 5.49. The molecule has 0 amide bonds. The molecule has 112 valence electrons. The van der Waals surface area contributed by atoms with E-state index in [0.29, 0.717) is 6.07 Å². The van der Waals surface area contributed by atoms with Crippen molar-refractivity contribution in [3.63, 3.8) is 0 Å². The van der Waals surface area contributed by atoms with E-state index in [1.54, 1.807) is 18.2 Å². The fraction of sp³-hybridized carbons (Fsp3) is 0.200. The predicted octanol–water partition coefficient (Wildman–Crippen LogP) is 4.85. The van der Waals surface area contributed by atoms with Gasteiger partial charge in [-0.05, 0) is 36.2 Å². The van der Waals surface area contributed by atoms with Gasteiger partial charge >= 0.3 is 6.18 Å². The third kappa shape index (κ3) is 3.83. The van der Waals surface area contributed by atoms with Crippen molar-refractivity contribution in [1.82, 2.24) is 0 Å². The highest BCUT2D eigenvalue weighted by atomic mass is 79.9. The number of hydrogen-bond donors (Lipinski definition) is 1. The average Bonchev–Trinajstić information content (AvgIpc) is 2.40. The predicted molar refractivity (Wildman–Crippen MR) is 76.2 cm³/mol. The lowest BCUT2D eigenvalue weighted by atomic mass is 9.97. The molecule has 0 saturated heterocycles. The van der Waals surface area contributed by atoms with Crippen LogP contribution in [0, 0.1) is 5.82 Å². The van der Waals surface area contributed by atoms with Crippen molar-refractivity contribution in [1.29, 1.82) is 0 Å². The lowest BCUT2D eigenvalue weighted by Gasteiger charge is -2.16. The Kier molecular flexibility index (Phi) is 4.68. The minimum atomic E-state index is -4.52. The van der Waals surface area contributed by atoms with Crippen LogP contribution in [0.2, 0.25) is 0 Å². The molecule has 0 aliphatic rings. The average molecular weight is 362 g/mol. The zero-order valence-corrected chi connectivity index (χ0v) is 12.4. The summed E-state index contributed by atoms with van der Waals surface area (Å²) in [5.41, 5.74) is 5.65. The van der Waals surface area contributed by atoms with Crippen molar-refractivity contribution in [2.24, 2.45) is 5.73 Å². The fourth-order valence-electron chi connectivity index (χ4n) is 2.02. The number of benzene rings is 2. The molecular weight excluding hydrogens is 350 g/mol. The quantitative estimate of drug-likeness (QED) is 0.777. The Morgan fingerprint density at radius 1 is 1.10 bits per heavy atom. The summed E-state index contributed by atoms with van der Waals surface area (Å²) in [6.45, 7) is 0. The number of alkyl halides is 3. The molecule has 1 atom stereocenters. The van der Waals surface area contributed by atoms with E-state index >= 15 is 0 Å². The van der Waals surface area contributed by atoms with E-state index in [9.17, 15) is 17.6 Å². The summed E-state index contributed by atoms with van der Waals surface area (Å²) in [5.74, 6) is -0.734. The first kappa shape index (κ1) is 16.0. The van der Waals surface area contributed by atoms with Crippen LogP contribution < -0.4 is 5.73 Å². The molecule has 0 aliphatic carbocycles. The molecule has 0 aromatic heterocycles. The molecule has 0 heterocycles. The van der Waals surface area contributed by atoms with Gasteiger partial charge in [-0.25, -0.2) is 4.39 Å². The van der Waals surface area contributed by atoms with Crippen LogP contribution in [0.25, 0.3) is 0 Å². The molecular formula is C15H12BrF4N. The van der Waals surface area contributed by atoms with Crippen molar-refractivity contribution in [2.45, 2.75) is 18.6 Å². The van der Waals surface area contributed by atoms with Gasteiger partial charge in [0.2, 0.25) is 0 Å². The first-order valence-corrected chi connectivity index (χ1v) is 6.94. The molecule has 21 heavy (non-hydrogen) atoms. The second kappa shape index (κ2) is 6.15. The van der Waals surface area contributed by atoms with Crippen LogP contribution in [0.1, 0.15) is 22.7 Å². The molecule has 1 unspecified atom stereocenters. The Balaban J connectivity index is 2.31. The van der Waals surface area contributed by atoms with Crippen LogP contribution in [0.5, 0.6) is 0 Å². The van der Waals surface area contributed by atoms with Gasteiger partial charge in [0, 0.05) is 16.1 Å². The number of rotatable bonds is 3. The maximum atomic E-state index is 13.8. The van der Waals surface area contributed by atoms with Gasteiger partial charge in [0.1, 0.15) is 5.82 Å². The van der Waals surface area contributed by atoms with Crippen LogP contribution >= 0.6 is 15.9 Å². The third-order valence-electron chi connectivity index (χ3n) is 3.12. The number of nitrogens with two attached hydrogens (primary N) is 1. The summed E-state index contributed by atoms with van der Waals surface area (Å²) in [6, 6.07) is 8.61. The third-order valence-corrected chi connectivity index (χ3v) is 3.89. The summed E-state index contributed by atoms with van der Waals surface area (Å²) >= 11 is 3.33. The van der Waals surface area contributed by atoms with Gasteiger partial charge in [-0.2, -0.15) is 13.2 Å². The normalized spacial score (nSPS) is 13.2. The Morgan fingerprint density at radius 3 is 2.38 bits per heavy atom. The molecule has 2 aromatic rings. The van der Waals surface area contributed by atoms with E-state index in [-0.39, 0.29) is 12.0 Å². The van der Waals surface area contributed by atoms with Gasteiger partial charge in [0.15, 0.2) is 0 Å². The van der Waals surface area contributed by atoms with E-state index in [1.165, 1.54) is 0 Å². The van der Waals surface area contributed by atoms with Crippen LogP contribution in [0.15, 0.2) is 46.9 Å². The Labute approximate surface area is 127 Å². The molecule has 2 N–H and O–H groups in total. The van der Waals surface area contributed by atoms with Crippen LogP contribution in [0.4, 0.5) is 17.6 Å². The van der Waals surface area contributed by atoms with Crippen molar-refractivity contribution < 1.29 is 17.6 Å². The standard InChI is InChI=1S/C15H12BrF4N/c16-12-4-2-1-3-9(12)7-14(21)11-8-10(15(18,19)20)5-6-13(11)17/h1-6,8,14H,7,21H2. The number of hydrogen-bond acceptors (Lipinski definition) is 1. The Hall–Kier alpha value is -1.40. The van der Waals surface area contributed by atoms with Crippen molar-refractivity contribution in [3.05, 3.63) is 69.4 Å². The first-order valence-electron chi connectivity index (χ1n) is 6.14. The molecule has 2 rings (SSSR count). The minimum Gasteiger partial charge on any atom is -0.324 e. The van der Waals surface area contributed by atoms with Gasteiger partial charge in [-0.3, -0.25) is 0 Å². The summed E-state index contributed by atoms with van der Waals surface area (Å²) < 4.78 is 52.6. The summed E-state index contributed by atoms with van der Waals surface area (Å²) in [4.78, 5) is 0. The van der Waals surface area contributed by atoms with Crippen LogP contribution in [-0.2, 0) is 12.6 Å². The zero-order valence-electron chi connectivity index (χ0n) is 10.8. The molecule has 1 nitrogen and oxygen atoms in total. The number of halogens is 5. The monoisotopic (exact) mass is 361 g/mol. The van der Waals surface area contributed by atoms with Crippen LogP contribution in [-0.4, -0.2) is 0 Å². The molecule has 0 radical (unpaired) electrons. The molecule has 0 spiro atoms. The highest BCUT2D eigenvalue weighted by Gasteiger charge is 2.31. The maximum Gasteiger partial charge on any atom is 0.416 e. The molecule has 2 aromatic carbocycles. The van der Waals surface area contributed by atoms with Gasteiger partial charge in [-0.15, -0.1) is 0 Å². The molecule has 0 fully saturated rings. The Bertz CT molecular complexity index is 640. The van der Waals surface area contributed by atoms with E-state index in [2.05, 4.69) is 15.9 Å². The fourth-order valence-corrected chi connectivity index (χ4v) is 2.46. The Morgan fingerprint density at radius 2 is 1.76 bits per heavy atom. The minimum absolute atomic E-state index is 0.138. The first-order chi connectivity index (χ1) is 9.79. The smallest absolute Gasteiger partial charge is 0.324 e. The zero-order chi connectivity index (χ0) is 15.6. The highest BCUT2D eigenvalue weighted by Crippen LogP contribution is 2.32. The van der Waals surface area contributed by atoms with Crippen molar-refractivity contribution in [3.8, 4) is 0 Å². The van der Waals surface area contributed by atoms with Crippen molar-refractivity contribution >= 4 is 15.9 Å². The highest BCUT2D eigenvalue weighted by molar-refractivity contribution is 9.10. The molecule has 6 heteroatoms. The van der Waals surface area contributed by atoms with E-state index in [1.807, 2.05) is 6.07 Å². The summed E-state index contributed by atoms with van der Waals surface area (Å²) in [6.07, 6.45) is -4.28. The molecule has 0 bridgehead atoms. The second-order valence-electron chi connectivity index (χ2n) is 4.64. The van der Waals surface area contributed by atoms with Crippen molar-refractivity contribution in [2.75, 3.05) is 0 Å². The lowest BCUT2D eigenvalue weighted by Crippen LogP contribution is -2.17. The van der Waals surface area contributed by atoms with Gasteiger partial charge in [0.05, 0.1) is 5.56 Å². The topological polar surface area (TPSA) is 26.0 Å². The van der Waals surface area contributed by atoms with Gasteiger partial charge < -0.3 is 5.73 Å². The summed E-state index contributed by atoms with van der Waals surface area (Å²) in [5, 5.41) is 0. The van der Waals surface area contributed by atoms with E-state index in [0.717, 1.165) is 22.2 Å². The lowest BCUT2D eigenvalue weighted by molar-refractivity contribution is -0.137. The van der Waals surface area contributed by atoms with Gasteiger partial charge in [0.25, 0.3) is 0 Å². The van der Waals surface area contributed by atoms with E-state index in [4.69, 9.17) is 5.73 Å². The molecule has 0 saturated carbocycles. The van der Waals surface area contributed by atoms with Gasteiger partial charge in [-0.1, -0.05) is 34.1 Å². The van der Waals surface area contributed by atoms with E-state index < -0.39 is 23.6 Å². The maximum absolute atomic E-state index is 13.8. The summed E-state index contributed by atoms with van der Waals surface area (Å²) in [7, 11) is 0. The largest absolute Gasteiger partial charge is 0.416 e. The SMILES string of the molecule is NC(Cc1ccccc1Br)c1cc(C(F)(F)F)ccc1F. The molecule has 0 aliphatic heterocycles.